The molecule has 0 fully saturated rings. The number of carbonyl (C=O) groups excluding carboxylic acids is 1. The number of amides is 1. The highest BCUT2D eigenvalue weighted by molar-refractivity contribution is 6.04. The van der Waals surface area contributed by atoms with E-state index in [1.165, 1.54) is 12.1 Å². The SMILES string of the molecule is NC(=O)c1nn(Cc2ccc(OC(F)F)cc2)c2ccccc12. The monoisotopic (exact) mass is 317 g/mol. The summed E-state index contributed by atoms with van der Waals surface area (Å²) in [5.74, 6) is -0.507. The van der Waals surface area contributed by atoms with E-state index in [-0.39, 0.29) is 11.4 Å². The van der Waals surface area contributed by atoms with Gasteiger partial charge in [-0.2, -0.15) is 13.9 Å². The molecule has 0 aliphatic rings. The molecule has 0 aliphatic heterocycles. The van der Waals surface area contributed by atoms with Crippen molar-refractivity contribution in [2.24, 2.45) is 5.73 Å². The summed E-state index contributed by atoms with van der Waals surface area (Å²) in [5, 5.41) is 4.92. The van der Waals surface area contributed by atoms with Crippen LogP contribution in [0.25, 0.3) is 10.9 Å². The first kappa shape index (κ1) is 15.0. The molecule has 0 bridgehead atoms. The molecule has 0 radical (unpaired) electrons. The Balaban J connectivity index is 1.91. The quantitative estimate of drug-likeness (QED) is 0.786. The topological polar surface area (TPSA) is 70.1 Å². The molecular weight excluding hydrogens is 304 g/mol. The van der Waals surface area contributed by atoms with Gasteiger partial charge in [-0.05, 0) is 23.8 Å². The molecule has 2 aromatic carbocycles. The Labute approximate surface area is 130 Å². The Kier molecular flexibility index (Phi) is 3.92. The number of alkyl halides is 2. The molecule has 0 saturated carbocycles. The zero-order valence-corrected chi connectivity index (χ0v) is 11.9. The number of hydrogen-bond acceptors (Lipinski definition) is 3. The van der Waals surface area contributed by atoms with E-state index in [0.717, 1.165) is 11.1 Å². The van der Waals surface area contributed by atoms with Crippen LogP contribution in [0.1, 0.15) is 16.1 Å². The van der Waals surface area contributed by atoms with Gasteiger partial charge in [0.25, 0.3) is 5.91 Å². The molecule has 0 aliphatic carbocycles. The second kappa shape index (κ2) is 6.04. The third kappa shape index (κ3) is 3.13. The fourth-order valence-corrected chi connectivity index (χ4v) is 2.38. The summed E-state index contributed by atoms with van der Waals surface area (Å²) < 4.78 is 30.2. The van der Waals surface area contributed by atoms with Gasteiger partial charge in [-0.3, -0.25) is 9.48 Å². The maximum absolute atomic E-state index is 12.1. The number of fused-ring (bicyclic) bond motifs is 1. The van der Waals surface area contributed by atoms with Gasteiger partial charge in [-0.1, -0.05) is 30.3 Å². The lowest BCUT2D eigenvalue weighted by molar-refractivity contribution is -0.0498. The number of benzene rings is 2. The molecule has 3 aromatic rings. The number of nitrogens with zero attached hydrogens (tertiary/aromatic N) is 2. The van der Waals surface area contributed by atoms with Gasteiger partial charge in [0.2, 0.25) is 0 Å². The van der Waals surface area contributed by atoms with Crippen LogP contribution < -0.4 is 10.5 Å². The van der Waals surface area contributed by atoms with Gasteiger partial charge in [-0.15, -0.1) is 0 Å². The predicted molar refractivity (Wildman–Crippen MR) is 80.4 cm³/mol. The molecule has 7 heteroatoms. The third-order valence-corrected chi connectivity index (χ3v) is 3.37. The lowest BCUT2D eigenvalue weighted by Crippen LogP contribution is -2.13. The minimum Gasteiger partial charge on any atom is -0.435 e. The highest BCUT2D eigenvalue weighted by Crippen LogP contribution is 2.20. The van der Waals surface area contributed by atoms with Crippen molar-refractivity contribution in [2.75, 3.05) is 0 Å². The van der Waals surface area contributed by atoms with Gasteiger partial charge in [-0.25, -0.2) is 0 Å². The fourth-order valence-electron chi connectivity index (χ4n) is 2.38. The van der Waals surface area contributed by atoms with Crippen molar-refractivity contribution < 1.29 is 18.3 Å². The average molecular weight is 317 g/mol. The van der Waals surface area contributed by atoms with Gasteiger partial charge < -0.3 is 10.5 Å². The smallest absolute Gasteiger partial charge is 0.387 e. The zero-order chi connectivity index (χ0) is 16.4. The van der Waals surface area contributed by atoms with Crippen molar-refractivity contribution in [1.82, 2.24) is 9.78 Å². The summed E-state index contributed by atoms with van der Waals surface area (Å²) in [7, 11) is 0. The molecule has 0 unspecified atom stereocenters. The van der Waals surface area contributed by atoms with Crippen molar-refractivity contribution in [2.45, 2.75) is 13.2 Å². The van der Waals surface area contributed by atoms with Crippen LogP contribution in [-0.2, 0) is 6.54 Å². The summed E-state index contributed by atoms with van der Waals surface area (Å²) in [4.78, 5) is 11.5. The maximum atomic E-state index is 12.1. The van der Waals surface area contributed by atoms with E-state index in [2.05, 4.69) is 9.84 Å². The molecule has 1 heterocycles. The van der Waals surface area contributed by atoms with E-state index in [1.807, 2.05) is 12.1 Å². The number of ether oxygens (including phenoxy) is 1. The van der Waals surface area contributed by atoms with E-state index in [9.17, 15) is 13.6 Å². The Bertz CT molecular complexity index is 844. The van der Waals surface area contributed by atoms with Gasteiger partial charge in [0, 0.05) is 5.39 Å². The molecule has 3 rings (SSSR count). The number of carbonyl (C=O) groups is 1. The Morgan fingerprint density at radius 1 is 1.17 bits per heavy atom. The molecule has 1 amide bonds. The van der Waals surface area contributed by atoms with Crippen molar-refractivity contribution in [3.63, 3.8) is 0 Å². The molecule has 0 saturated heterocycles. The van der Waals surface area contributed by atoms with Gasteiger partial charge in [0.05, 0.1) is 12.1 Å². The summed E-state index contributed by atoms with van der Waals surface area (Å²) in [5.41, 5.74) is 7.16. The van der Waals surface area contributed by atoms with Gasteiger partial charge >= 0.3 is 6.61 Å². The number of nitrogens with two attached hydrogens (primary N) is 1. The van der Waals surface area contributed by atoms with Crippen LogP contribution in [0.2, 0.25) is 0 Å². The lowest BCUT2D eigenvalue weighted by atomic mass is 10.2. The summed E-state index contributed by atoms with van der Waals surface area (Å²) in [6.45, 7) is -2.48. The first-order valence-corrected chi connectivity index (χ1v) is 6.83. The predicted octanol–water partition coefficient (Wildman–Crippen LogP) is 2.78. The molecule has 5 nitrogen and oxygen atoms in total. The number of rotatable bonds is 5. The number of hydrogen-bond donors (Lipinski definition) is 1. The van der Waals surface area contributed by atoms with E-state index in [4.69, 9.17) is 5.73 Å². The molecule has 1 aromatic heterocycles. The molecular formula is C16H13F2N3O2. The first-order chi connectivity index (χ1) is 11.0. The average Bonchev–Trinajstić information content (AvgIpc) is 2.88. The highest BCUT2D eigenvalue weighted by Gasteiger charge is 2.14. The van der Waals surface area contributed by atoms with E-state index in [1.54, 1.807) is 28.9 Å². The second-order valence-electron chi connectivity index (χ2n) is 4.91. The zero-order valence-electron chi connectivity index (χ0n) is 11.9. The number of halogens is 2. The van der Waals surface area contributed by atoms with Crippen LogP contribution in [0.15, 0.2) is 48.5 Å². The van der Waals surface area contributed by atoms with Crippen LogP contribution in [0.3, 0.4) is 0 Å². The van der Waals surface area contributed by atoms with Crippen molar-refractivity contribution in [3.8, 4) is 5.75 Å². The number of primary amides is 1. The number of para-hydroxylation sites is 1. The largest absolute Gasteiger partial charge is 0.435 e. The van der Waals surface area contributed by atoms with Gasteiger partial charge in [0.15, 0.2) is 5.69 Å². The second-order valence-corrected chi connectivity index (χ2v) is 4.91. The lowest BCUT2D eigenvalue weighted by Gasteiger charge is -2.07. The fraction of sp³-hybridized carbons (Fsp3) is 0.125. The molecule has 118 valence electrons. The highest BCUT2D eigenvalue weighted by atomic mass is 19.3. The minimum atomic E-state index is -2.85. The minimum absolute atomic E-state index is 0.0897. The van der Waals surface area contributed by atoms with Gasteiger partial charge in [0.1, 0.15) is 5.75 Å². The Morgan fingerprint density at radius 3 is 2.52 bits per heavy atom. The van der Waals surface area contributed by atoms with Crippen molar-refractivity contribution in [3.05, 3.63) is 59.8 Å². The van der Waals surface area contributed by atoms with E-state index in [0.29, 0.717) is 11.9 Å². The number of aromatic nitrogens is 2. The van der Waals surface area contributed by atoms with Crippen LogP contribution in [-0.4, -0.2) is 22.3 Å². The summed E-state index contributed by atoms with van der Waals surface area (Å²) in [6, 6.07) is 13.5. The summed E-state index contributed by atoms with van der Waals surface area (Å²) >= 11 is 0. The van der Waals surface area contributed by atoms with Crippen LogP contribution >= 0.6 is 0 Å². The normalized spacial score (nSPS) is 11.1. The summed E-state index contributed by atoms with van der Waals surface area (Å²) in [6.07, 6.45) is 0. The van der Waals surface area contributed by atoms with Crippen LogP contribution in [0.4, 0.5) is 8.78 Å². The van der Waals surface area contributed by atoms with Crippen molar-refractivity contribution >= 4 is 16.8 Å². The Hall–Kier alpha value is -2.96. The van der Waals surface area contributed by atoms with Crippen LogP contribution in [0.5, 0.6) is 5.75 Å². The first-order valence-electron chi connectivity index (χ1n) is 6.83. The molecule has 23 heavy (non-hydrogen) atoms. The molecule has 0 spiro atoms. The molecule has 0 atom stereocenters. The van der Waals surface area contributed by atoms with E-state index >= 15 is 0 Å². The maximum Gasteiger partial charge on any atom is 0.387 e. The molecule has 2 N–H and O–H groups in total. The van der Waals surface area contributed by atoms with Crippen LogP contribution in [0, 0.1) is 0 Å². The third-order valence-electron chi connectivity index (χ3n) is 3.37. The standard InChI is InChI=1S/C16H13F2N3O2/c17-16(18)23-11-7-5-10(6-8-11)9-21-13-4-2-1-3-12(13)14(20-21)15(19)22/h1-8,16H,9H2,(H2,19,22). The van der Waals surface area contributed by atoms with E-state index < -0.39 is 12.5 Å². The Morgan fingerprint density at radius 2 is 1.87 bits per heavy atom. The van der Waals surface area contributed by atoms with Crippen molar-refractivity contribution in [1.29, 1.82) is 0 Å².